The number of amides is 1. The number of aryl methyl sites for hydroxylation is 1. The van der Waals surface area contributed by atoms with Crippen molar-refractivity contribution in [2.75, 3.05) is 20.2 Å². The normalized spacial score (nSPS) is 17.2. The molecule has 2 aromatic heterocycles. The van der Waals surface area contributed by atoms with Crippen LogP contribution < -0.4 is 4.74 Å². The van der Waals surface area contributed by atoms with Gasteiger partial charge in [-0.05, 0) is 42.8 Å². The molecule has 3 heterocycles. The highest BCUT2D eigenvalue weighted by atomic mass is 16.5. The molecule has 1 amide bonds. The first-order valence-corrected chi connectivity index (χ1v) is 8.38. The molecule has 0 unspecified atom stereocenters. The van der Waals surface area contributed by atoms with Gasteiger partial charge in [0.2, 0.25) is 0 Å². The Balaban J connectivity index is 1.53. The summed E-state index contributed by atoms with van der Waals surface area (Å²) in [5.74, 6) is 2.05. The Bertz CT molecular complexity index is 917. The van der Waals surface area contributed by atoms with Gasteiger partial charge in [-0.2, -0.15) is 0 Å². The van der Waals surface area contributed by atoms with Crippen molar-refractivity contribution in [3.63, 3.8) is 0 Å². The van der Waals surface area contributed by atoms with Gasteiger partial charge in [0.25, 0.3) is 5.91 Å². The number of imidazole rings is 1. The van der Waals surface area contributed by atoms with Crippen molar-refractivity contribution in [1.82, 2.24) is 19.4 Å². The van der Waals surface area contributed by atoms with Gasteiger partial charge in [-0.15, -0.1) is 0 Å². The quantitative estimate of drug-likeness (QED) is 0.738. The molecule has 6 nitrogen and oxygen atoms in total. The van der Waals surface area contributed by atoms with Gasteiger partial charge in [0.15, 0.2) is 5.65 Å². The second-order valence-electron chi connectivity index (χ2n) is 6.34. The van der Waals surface area contributed by atoms with Gasteiger partial charge in [0.05, 0.1) is 7.11 Å². The molecule has 1 aromatic carbocycles. The van der Waals surface area contributed by atoms with Crippen molar-refractivity contribution in [3.05, 3.63) is 54.0 Å². The molecule has 1 aliphatic heterocycles. The van der Waals surface area contributed by atoms with Crippen LogP contribution in [0.2, 0.25) is 0 Å². The molecule has 3 aromatic rings. The van der Waals surface area contributed by atoms with Crippen LogP contribution in [0.25, 0.3) is 11.2 Å². The van der Waals surface area contributed by atoms with Gasteiger partial charge >= 0.3 is 0 Å². The number of benzene rings is 1. The maximum absolute atomic E-state index is 12.7. The SMILES string of the molecule is COc1ccc(C(=O)N2CC[C@@H](c3nc4cccnc4n3C)C2)cc1. The molecule has 0 bridgehead atoms. The van der Waals surface area contributed by atoms with Crippen LogP contribution in [0.4, 0.5) is 0 Å². The molecule has 128 valence electrons. The second-order valence-corrected chi connectivity index (χ2v) is 6.34. The van der Waals surface area contributed by atoms with E-state index in [1.807, 2.05) is 52.9 Å². The number of fused-ring (bicyclic) bond motifs is 1. The summed E-state index contributed by atoms with van der Waals surface area (Å²) < 4.78 is 7.19. The predicted octanol–water partition coefficient (Wildman–Crippen LogP) is 2.61. The van der Waals surface area contributed by atoms with Crippen LogP contribution in [-0.2, 0) is 7.05 Å². The molecule has 1 atom stereocenters. The van der Waals surface area contributed by atoms with E-state index in [0.29, 0.717) is 12.1 Å². The number of hydrogen-bond donors (Lipinski definition) is 0. The third-order valence-corrected chi connectivity index (χ3v) is 4.84. The van der Waals surface area contributed by atoms with Crippen molar-refractivity contribution < 1.29 is 9.53 Å². The molecule has 0 N–H and O–H groups in total. The first-order chi connectivity index (χ1) is 12.2. The lowest BCUT2D eigenvalue weighted by molar-refractivity contribution is 0.0790. The van der Waals surface area contributed by atoms with E-state index in [9.17, 15) is 4.79 Å². The molecule has 1 aliphatic rings. The number of rotatable bonds is 3. The lowest BCUT2D eigenvalue weighted by atomic mass is 10.1. The minimum atomic E-state index is 0.0574. The molecule has 0 saturated carbocycles. The zero-order chi connectivity index (χ0) is 17.4. The number of nitrogens with zero attached hydrogens (tertiary/aromatic N) is 4. The van der Waals surface area contributed by atoms with E-state index in [1.54, 1.807) is 13.3 Å². The smallest absolute Gasteiger partial charge is 0.253 e. The summed E-state index contributed by atoms with van der Waals surface area (Å²) in [7, 11) is 3.61. The van der Waals surface area contributed by atoms with E-state index in [4.69, 9.17) is 9.72 Å². The fourth-order valence-electron chi connectivity index (χ4n) is 3.48. The minimum Gasteiger partial charge on any atom is -0.497 e. The van der Waals surface area contributed by atoms with Crippen LogP contribution in [0.15, 0.2) is 42.6 Å². The van der Waals surface area contributed by atoms with E-state index < -0.39 is 0 Å². The number of pyridine rings is 1. The monoisotopic (exact) mass is 336 g/mol. The highest BCUT2D eigenvalue weighted by Gasteiger charge is 2.31. The average Bonchev–Trinajstić information content (AvgIpc) is 3.27. The first kappa shape index (κ1) is 15.6. The highest BCUT2D eigenvalue weighted by Crippen LogP contribution is 2.29. The van der Waals surface area contributed by atoms with Gasteiger partial charge in [-0.1, -0.05) is 0 Å². The van der Waals surface area contributed by atoms with Crippen LogP contribution in [0.1, 0.15) is 28.5 Å². The van der Waals surface area contributed by atoms with Crippen LogP contribution in [-0.4, -0.2) is 45.5 Å². The lowest BCUT2D eigenvalue weighted by Crippen LogP contribution is -2.28. The van der Waals surface area contributed by atoms with Gasteiger partial charge in [-0.25, -0.2) is 9.97 Å². The first-order valence-electron chi connectivity index (χ1n) is 8.38. The van der Waals surface area contributed by atoms with Gasteiger partial charge in [0.1, 0.15) is 17.1 Å². The molecule has 0 aliphatic carbocycles. The summed E-state index contributed by atoms with van der Waals surface area (Å²) in [6.45, 7) is 1.42. The fourth-order valence-corrected chi connectivity index (χ4v) is 3.48. The number of ether oxygens (including phenoxy) is 1. The number of aromatic nitrogens is 3. The van der Waals surface area contributed by atoms with E-state index >= 15 is 0 Å². The summed E-state index contributed by atoms with van der Waals surface area (Å²) >= 11 is 0. The van der Waals surface area contributed by atoms with Crippen molar-refractivity contribution in [3.8, 4) is 5.75 Å². The number of carbonyl (C=O) groups is 1. The third kappa shape index (κ3) is 2.73. The zero-order valence-electron chi connectivity index (χ0n) is 14.3. The Morgan fingerprint density at radius 2 is 2.04 bits per heavy atom. The predicted molar refractivity (Wildman–Crippen MR) is 94.8 cm³/mol. The second kappa shape index (κ2) is 6.20. The molecule has 25 heavy (non-hydrogen) atoms. The van der Waals surface area contributed by atoms with Gasteiger partial charge in [0, 0.05) is 37.8 Å². The zero-order valence-corrected chi connectivity index (χ0v) is 14.3. The van der Waals surface area contributed by atoms with Crippen LogP contribution in [0.3, 0.4) is 0 Å². The summed E-state index contributed by atoms with van der Waals surface area (Å²) in [5.41, 5.74) is 2.48. The van der Waals surface area contributed by atoms with E-state index in [1.165, 1.54) is 0 Å². The molecular weight excluding hydrogens is 316 g/mol. The maximum Gasteiger partial charge on any atom is 0.253 e. The van der Waals surface area contributed by atoms with Crippen LogP contribution in [0, 0.1) is 0 Å². The Hall–Kier alpha value is -2.89. The van der Waals surface area contributed by atoms with E-state index in [-0.39, 0.29) is 11.8 Å². The number of hydrogen-bond acceptors (Lipinski definition) is 4. The topological polar surface area (TPSA) is 60.2 Å². The molecule has 0 radical (unpaired) electrons. The van der Waals surface area contributed by atoms with Crippen molar-refractivity contribution in [2.45, 2.75) is 12.3 Å². The third-order valence-electron chi connectivity index (χ3n) is 4.84. The number of carbonyl (C=O) groups excluding carboxylic acids is 1. The molecular formula is C19H20N4O2. The summed E-state index contributed by atoms with van der Waals surface area (Å²) in [5, 5.41) is 0. The molecule has 1 fully saturated rings. The van der Waals surface area contributed by atoms with E-state index in [2.05, 4.69) is 4.98 Å². The number of methoxy groups -OCH3 is 1. The van der Waals surface area contributed by atoms with Crippen molar-refractivity contribution >= 4 is 17.1 Å². The lowest BCUT2D eigenvalue weighted by Gasteiger charge is -2.16. The molecule has 6 heteroatoms. The standard InChI is InChI=1S/C19H20N4O2/c1-22-17(21-16-4-3-10-20-18(16)22)14-9-11-23(12-14)19(24)13-5-7-15(25-2)8-6-13/h3-8,10,14H,9,11-12H2,1-2H3/t14-/m1/s1. The average molecular weight is 336 g/mol. The van der Waals surface area contributed by atoms with Crippen molar-refractivity contribution in [1.29, 1.82) is 0 Å². The maximum atomic E-state index is 12.7. The van der Waals surface area contributed by atoms with Crippen LogP contribution >= 0.6 is 0 Å². The molecule has 0 spiro atoms. The van der Waals surface area contributed by atoms with Crippen LogP contribution in [0.5, 0.6) is 5.75 Å². The molecule has 1 saturated heterocycles. The molecule has 4 rings (SSSR count). The highest BCUT2D eigenvalue weighted by molar-refractivity contribution is 5.94. The summed E-state index contributed by atoms with van der Waals surface area (Å²) in [6, 6.07) is 11.1. The summed E-state index contributed by atoms with van der Waals surface area (Å²) in [6.07, 6.45) is 2.70. The van der Waals surface area contributed by atoms with Crippen molar-refractivity contribution in [2.24, 2.45) is 7.05 Å². The Labute approximate surface area is 146 Å². The Kier molecular flexibility index (Phi) is 3.87. The van der Waals surface area contributed by atoms with Gasteiger partial charge < -0.3 is 14.2 Å². The summed E-state index contributed by atoms with van der Waals surface area (Å²) in [4.78, 5) is 23.8. The van der Waals surface area contributed by atoms with Gasteiger partial charge in [-0.3, -0.25) is 4.79 Å². The largest absolute Gasteiger partial charge is 0.497 e. The number of likely N-dealkylation sites (tertiary alicyclic amines) is 1. The minimum absolute atomic E-state index is 0.0574. The van der Waals surface area contributed by atoms with E-state index in [0.717, 1.165) is 35.7 Å². The Morgan fingerprint density at radius 3 is 2.76 bits per heavy atom. The Morgan fingerprint density at radius 1 is 1.24 bits per heavy atom. The fraction of sp³-hybridized carbons (Fsp3) is 0.316.